The number of furan rings is 1. The number of hydrogen-bond donors (Lipinski definition) is 1. The Morgan fingerprint density at radius 2 is 1.90 bits per heavy atom. The highest BCUT2D eigenvalue weighted by molar-refractivity contribution is 7.88. The quantitative estimate of drug-likeness (QED) is 0.876. The summed E-state index contributed by atoms with van der Waals surface area (Å²) in [6.45, 7) is 3.84. The van der Waals surface area contributed by atoms with Crippen LogP contribution in [-0.4, -0.2) is 33.4 Å². The minimum atomic E-state index is -3.47. The van der Waals surface area contributed by atoms with Gasteiger partial charge >= 0.3 is 0 Å². The molecule has 0 saturated heterocycles. The highest BCUT2D eigenvalue weighted by atomic mass is 32.2. The van der Waals surface area contributed by atoms with Crippen LogP contribution >= 0.6 is 0 Å². The topological polar surface area (TPSA) is 62.6 Å². The SMILES string of the molecule is CN(C)S(=O)(=O)c1ccc(CNCC2(C)CCCCC2)o1. The summed E-state index contributed by atoms with van der Waals surface area (Å²) in [5.41, 5.74) is 0.364. The van der Waals surface area contributed by atoms with Gasteiger partial charge in [-0.1, -0.05) is 26.2 Å². The number of sulfonamides is 1. The predicted octanol–water partition coefficient (Wildman–Crippen LogP) is 2.59. The van der Waals surface area contributed by atoms with E-state index in [1.54, 1.807) is 6.07 Å². The average molecular weight is 314 g/mol. The van der Waals surface area contributed by atoms with Crippen LogP contribution < -0.4 is 5.32 Å². The zero-order chi connectivity index (χ0) is 15.5. The van der Waals surface area contributed by atoms with Crippen LogP contribution in [0.2, 0.25) is 0 Å². The molecule has 21 heavy (non-hydrogen) atoms. The fourth-order valence-electron chi connectivity index (χ4n) is 2.84. The zero-order valence-corrected chi connectivity index (χ0v) is 14.0. The van der Waals surface area contributed by atoms with Gasteiger partial charge in [0.15, 0.2) is 0 Å². The maximum atomic E-state index is 11.9. The molecule has 120 valence electrons. The van der Waals surface area contributed by atoms with Crippen LogP contribution in [0.5, 0.6) is 0 Å². The van der Waals surface area contributed by atoms with Crippen molar-refractivity contribution in [1.29, 1.82) is 0 Å². The second-order valence-corrected chi connectivity index (χ2v) is 8.57. The fraction of sp³-hybridized carbons (Fsp3) is 0.733. The first kappa shape index (κ1) is 16.5. The van der Waals surface area contributed by atoms with Crippen molar-refractivity contribution in [2.75, 3.05) is 20.6 Å². The molecular formula is C15H26N2O3S. The average Bonchev–Trinajstić information content (AvgIpc) is 2.88. The van der Waals surface area contributed by atoms with E-state index in [0.717, 1.165) is 10.8 Å². The lowest BCUT2D eigenvalue weighted by molar-refractivity contribution is 0.205. The molecule has 1 N–H and O–H groups in total. The molecule has 0 atom stereocenters. The molecule has 0 unspecified atom stereocenters. The summed E-state index contributed by atoms with van der Waals surface area (Å²) in [4.78, 5) is 0. The van der Waals surface area contributed by atoms with Crippen molar-refractivity contribution in [2.24, 2.45) is 5.41 Å². The standard InChI is InChI=1S/C15H26N2O3S/c1-15(9-5-4-6-10-15)12-16-11-13-7-8-14(20-13)21(18,19)17(2)3/h7-8,16H,4-6,9-12H2,1-3H3. The minimum Gasteiger partial charge on any atom is -0.447 e. The second-order valence-electron chi connectivity index (χ2n) is 6.48. The number of nitrogens with one attached hydrogen (secondary N) is 1. The summed E-state index contributed by atoms with van der Waals surface area (Å²) in [5.74, 6) is 0.662. The first-order chi connectivity index (χ1) is 9.83. The van der Waals surface area contributed by atoms with E-state index in [0.29, 0.717) is 17.7 Å². The highest BCUT2D eigenvalue weighted by Crippen LogP contribution is 2.35. The van der Waals surface area contributed by atoms with Gasteiger partial charge in [0.1, 0.15) is 5.76 Å². The van der Waals surface area contributed by atoms with Gasteiger partial charge in [0.25, 0.3) is 10.0 Å². The number of nitrogens with zero attached hydrogens (tertiary/aromatic N) is 1. The lowest BCUT2D eigenvalue weighted by Gasteiger charge is -2.33. The van der Waals surface area contributed by atoms with Gasteiger partial charge in [-0.3, -0.25) is 0 Å². The summed E-state index contributed by atoms with van der Waals surface area (Å²) in [6.07, 6.45) is 6.49. The summed E-state index contributed by atoms with van der Waals surface area (Å²) < 4.78 is 30.5. The molecule has 5 nitrogen and oxygen atoms in total. The molecule has 6 heteroatoms. The third kappa shape index (κ3) is 4.08. The number of rotatable bonds is 6. The van der Waals surface area contributed by atoms with Crippen LogP contribution in [0.25, 0.3) is 0 Å². The van der Waals surface area contributed by atoms with Gasteiger partial charge in [-0.2, -0.15) is 0 Å². The van der Waals surface area contributed by atoms with Crippen LogP contribution in [0.4, 0.5) is 0 Å². The van der Waals surface area contributed by atoms with Crippen LogP contribution in [0.15, 0.2) is 21.6 Å². The molecular weight excluding hydrogens is 288 g/mol. The molecule has 0 bridgehead atoms. The van der Waals surface area contributed by atoms with Crippen molar-refractivity contribution < 1.29 is 12.8 Å². The third-order valence-corrected chi connectivity index (χ3v) is 5.97. The summed E-state index contributed by atoms with van der Waals surface area (Å²) in [6, 6.07) is 3.25. The van der Waals surface area contributed by atoms with Crippen molar-refractivity contribution in [1.82, 2.24) is 9.62 Å². The summed E-state index contributed by atoms with van der Waals surface area (Å²) in [5, 5.41) is 3.41. The molecule has 0 amide bonds. The summed E-state index contributed by atoms with van der Waals surface area (Å²) >= 11 is 0. The van der Waals surface area contributed by atoms with Gasteiger partial charge in [0.05, 0.1) is 6.54 Å². The van der Waals surface area contributed by atoms with Gasteiger partial charge in [0, 0.05) is 20.6 Å². The van der Waals surface area contributed by atoms with E-state index in [2.05, 4.69) is 12.2 Å². The molecule has 1 aliphatic carbocycles. The Morgan fingerprint density at radius 1 is 1.24 bits per heavy atom. The second kappa shape index (κ2) is 6.50. The molecule has 1 aliphatic rings. The van der Waals surface area contributed by atoms with E-state index in [9.17, 15) is 8.42 Å². The molecule has 1 aromatic rings. The van der Waals surface area contributed by atoms with E-state index in [1.165, 1.54) is 52.3 Å². The Hall–Kier alpha value is -0.850. The molecule has 1 aromatic heterocycles. The van der Waals surface area contributed by atoms with Crippen molar-refractivity contribution in [2.45, 2.75) is 50.7 Å². The Kier molecular flexibility index (Phi) is 5.11. The fourth-order valence-corrected chi connectivity index (χ4v) is 3.65. The van der Waals surface area contributed by atoms with E-state index in [4.69, 9.17) is 4.42 Å². The van der Waals surface area contributed by atoms with E-state index in [-0.39, 0.29) is 5.09 Å². The monoisotopic (exact) mass is 314 g/mol. The van der Waals surface area contributed by atoms with E-state index >= 15 is 0 Å². The smallest absolute Gasteiger partial charge is 0.275 e. The Balaban J connectivity index is 1.89. The van der Waals surface area contributed by atoms with Gasteiger partial charge in [-0.15, -0.1) is 0 Å². The maximum absolute atomic E-state index is 11.9. The van der Waals surface area contributed by atoms with E-state index < -0.39 is 10.0 Å². The molecule has 0 aliphatic heterocycles. The van der Waals surface area contributed by atoms with Crippen LogP contribution in [-0.2, 0) is 16.6 Å². The molecule has 0 spiro atoms. The van der Waals surface area contributed by atoms with Gasteiger partial charge < -0.3 is 9.73 Å². The highest BCUT2D eigenvalue weighted by Gasteiger charge is 2.26. The molecule has 0 aromatic carbocycles. The largest absolute Gasteiger partial charge is 0.447 e. The Labute approximate surface area is 127 Å². The molecule has 1 fully saturated rings. The predicted molar refractivity (Wildman–Crippen MR) is 82.5 cm³/mol. The normalized spacial score (nSPS) is 19.0. The number of hydrogen-bond acceptors (Lipinski definition) is 4. The van der Waals surface area contributed by atoms with Crippen LogP contribution in [0, 0.1) is 5.41 Å². The lowest BCUT2D eigenvalue weighted by atomic mass is 9.76. The van der Waals surface area contributed by atoms with Gasteiger partial charge in [0.2, 0.25) is 5.09 Å². The molecule has 1 saturated carbocycles. The lowest BCUT2D eigenvalue weighted by Crippen LogP contribution is -2.33. The Bertz CT molecular complexity index is 557. The molecule has 0 radical (unpaired) electrons. The zero-order valence-electron chi connectivity index (χ0n) is 13.2. The van der Waals surface area contributed by atoms with Gasteiger partial charge in [-0.05, 0) is 30.4 Å². The minimum absolute atomic E-state index is 0.00757. The van der Waals surface area contributed by atoms with E-state index in [1.807, 2.05) is 0 Å². The van der Waals surface area contributed by atoms with Crippen molar-refractivity contribution in [3.8, 4) is 0 Å². The van der Waals surface area contributed by atoms with Crippen molar-refractivity contribution in [3.63, 3.8) is 0 Å². The molecule has 2 rings (SSSR count). The summed E-state index contributed by atoms with van der Waals surface area (Å²) in [7, 11) is -0.475. The van der Waals surface area contributed by atoms with Gasteiger partial charge in [-0.25, -0.2) is 12.7 Å². The first-order valence-corrected chi connectivity index (χ1v) is 8.99. The third-order valence-electron chi connectivity index (χ3n) is 4.28. The van der Waals surface area contributed by atoms with Crippen molar-refractivity contribution >= 4 is 10.0 Å². The first-order valence-electron chi connectivity index (χ1n) is 7.55. The van der Waals surface area contributed by atoms with Crippen molar-refractivity contribution in [3.05, 3.63) is 17.9 Å². The van der Waals surface area contributed by atoms with Crippen LogP contribution in [0.3, 0.4) is 0 Å². The maximum Gasteiger partial charge on any atom is 0.275 e. The Morgan fingerprint density at radius 3 is 2.52 bits per heavy atom. The van der Waals surface area contributed by atoms with Crippen LogP contribution in [0.1, 0.15) is 44.8 Å². The molecule has 1 heterocycles.